The lowest BCUT2D eigenvalue weighted by Gasteiger charge is -2.37. The maximum Gasteiger partial charge on any atom is 0.312 e. The number of nitrogens with zero attached hydrogens (tertiary/aromatic N) is 1. The van der Waals surface area contributed by atoms with Gasteiger partial charge in [-0.3, -0.25) is 14.4 Å². The molecule has 3 saturated heterocycles. The third-order valence-electron chi connectivity index (χ3n) is 7.58. The van der Waals surface area contributed by atoms with Crippen LogP contribution in [0.3, 0.4) is 0 Å². The minimum atomic E-state index is -1.26. The van der Waals surface area contributed by atoms with E-state index in [1.54, 1.807) is 50.4 Å². The highest BCUT2D eigenvalue weighted by molar-refractivity contribution is 9.09. The SMILES string of the molecule is CCOC(=O)[C@H]1[C@@H]2O[C@@]3(CC2Br)[C@@H]1C(=O)N([C@H](CO)c1ccccc1)[C@@H]3C(=O)Nc1ccc(OC)cc1. The van der Waals surface area contributed by atoms with Crippen LogP contribution in [0.15, 0.2) is 54.6 Å². The summed E-state index contributed by atoms with van der Waals surface area (Å²) >= 11 is 3.63. The number of alkyl halides is 1. The number of halogens is 1. The molecule has 0 aromatic heterocycles. The van der Waals surface area contributed by atoms with Gasteiger partial charge in [-0.25, -0.2) is 0 Å². The number of amides is 2. The second-order valence-corrected chi connectivity index (χ2v) is 10.7. The molecule has 10 heteroatoms. The Hall–Kier alpha value is -2.95. The van der Waals surface area contributed by atoms with E-state index in [4.69, 9.17) is 14.2 Å². The van der Waals surface area contributed by atoms with Gasteiger partial charge in [-0.15, -0.1) is 0 Å². The Balaban J connectivity index is 1.58. The Morgan fingerprint density at radius 3 is 2.54 bits per heavy atom. The number of ether oxygens (including phenoxy) is 3. The highest BCUT2D eigenvalue weighted by atomic mass is 79.9. The zero-order valence-corrected chi connectivity index (χ0v) is 22.1. The minimum Gasteiger partial charge on any atom is -0.497 e. The summed E-state index contributed by atoms with van der Waals surface area (Å²) in [6, 6.07) is 14.0. The van der Waals surface area contributed by atoms with Crippen molar-refractivity contribution in [2.45, 2.75) is 42.0 Å². The standard InChI is InChI=1S/C27H29BrN2O7/c1-3-36-26(34)20-21-25(33)30(19(14-31)15-7-5-4-6-8-15)23(27(21)13-18(28)22(20)37-27)24(32)29-16-9-11-17(35-2)12-10-16/h4-12,18-23,31H,3,13-14H2,1-2H3,(H,29,32)/t18?,19-,20-,21+,22-,23-,27+/m1/s1. The molecular weight excluding hydrogens is 544 g/mol. The molecule has 7 atom stereocenters. The maximum atomic E-state index is 14.1. The molecule has 9 nitrogen and oxygen atoms in total. The number of esters is 1. The number of rotatable bonds is 8. The van der Waals surface area contributed by atoms with Gasteiger partial charge in [-0.05, 0) is 43.2 Å². The predicted octanol–water partition coefficient (Wildman–Crippen LogP) is 2.68. The van der Waals surface area contributed by atoms with Crippen LogP contribution in [0.5, 0.6) is 5.75 Å². The third kappa shape index (κ3) is 4.11. The second kappa shape index (κ2) is 10.1. The number of anilines is 1. The Kier molecular flexibility index (Phi) is 6.99. The normalized spacial score (nSPS) is 30.6. The smallest absolute Gasteiger partial charge is 0.312 e. The molecule has 2 aromatic rings. The highest BCUT2D eigenvalue weighted by Crippen LogP contribution is 2.61. The van der Waals surface area contributed by atoms with Crippen molar-refractivity contribution in [2.24, 2.45) is 11.8 Å². The first-order valence-corrected chi connectivity index (χ1v) is 13.2. The number of aliphatic hydroxyl groups excluding tert-OH is 1. The molecule has 1 spiro atoms. The number of carbonyl (C=O) groups excluding carboxylic acids is 3. The van der Waals surface area contributed by atoms with Crippen molar-refractivity contribution in [3.05, 3.63) is 60.2 Å². The summed E-state index contributed by atoms with van der Waals surface area (Å²) in [5.41, 5.74) is -0.0654. The van der Waals surface area contributed by atoms with Crippen molar-refractivity contribution in [1.29, 1.82) is 0 Å². The number of aliphatic hydroxyl groups is 1. The van der Waals surface area contributed by atoms with Crippen molar-refractivity contribution in [3.8, 4) is 5.75 Å². The predicted molar refractivity (Wildman–Crippen MR) is 137 cm³/mol. The summed E-state index contributed by atoms with van der Waals surface area (Å²) < 4.78 is 17.0. The Labute approximate surface area is 223 Å². The third-order valence-corrected chi connectivity index (χ3v) is 8.43. The van der Waals surface area contributed by atoms with Gasteiger partial charge in [0, 0.05) is 10.5 Å². The van der Waals surface area contributed by atoms with Gasteiger partial charge in [0.2, 0.25) is 11.8 Å². The first-order valence-electron chi connectivity index (χ1n) is 12.3. The van der Waals surface area contributed by atoms with E-state index in [9.17, 15) is 19.5 Å². The van der Waals surface area contributed by atoms with Crippen LogP contribution >= 0.6 is 15.9 Å². The molecule has 2 bridgehead atoms. The quantitative estimate of drug-likeness (QED) is 0.369. The number of benzene rings is 2. The maximum absolute atomic E-state index is 14.1. The molecule has 196 valence electrons. The zero-order valence-electron chi connectivity index (χ0n) is 20.5. The number of fused-ring (bicyclic) bond motifs is 1. The van der Waals surface area contributed by atoms with E-state index in [1.165, 1.54) is 4.90 Å². The lowest BCUT2D eigenvalue weighted by Crippen LogP contribution is -2.54. The topological polar surface area (TPSA) is 114 Å². The molecule has 3 heterocycles. The first kappa shape index (κ1) is 25.7. The number of methoxy groups -OCH3 is 1. The number of carbonyl (C=O) groups is 3. The van der Waals surface area contributed by atoms with Gasteiger partial charge in [-0.1, -0.05) is 46.3 Å². The molecule has 2 aromatic carbocycles. The zero-order chi connectivity index (χ0) is 26.3. The lowest BCUT2D eigenvalue weighted by atomic mass is 9.70. The second-order valence-electron chi connectivity index (χ2n) is 9.49. The van der Waals surface area contributed by atoms with Crippen LogP contribution in [0.4, 0.5) is 5.69 Å². The molecular formula is C27H29BrN2O7. The van der Waals surface area contributed by atoms with Gasteiger partial charge in [0.1, 0.15) is 17.4 Å². The fourth-order valence-electron chi connectivity index (χ4n) is 6.13. The average molecular weight is 573 g/mol. The summed E-state index contributed by atoms with van der Waals surface area (Å²) in [5.74, 6) is -2.51. The van der Waals surface area contributed by atoms with Gasteiger partial charge < -0.3 is 29.5 Å². The number of hydrogen-bond donors (Lipinski definition) is 2. The Bertz CT molecular complexity index is 1180. The summed E-state index contributed by atoms with van der Waals surface area (Å²) in [7, 11) is 1.55. The Morgan fingerprint density at radius 2 is 1.92 bits per heavy atom. The van der Waals surface area contributed by atoms with Gasteiger partial charge in [0.15, 0.2) is 0 Å². The highest BCUT2D eigenvalue weighted by Gasteiger charge is 2.77. The molecule has 37 heavy (non-hydrogen) atoms. The number of hydrogen-bond acceptors (Lipinski definition) is 7. The van der Waals surface area contributed by atoms with Crippen LogP contribution in [0.25, 0.3) is 0 Å². The van der Waals surface area contributed by atoms with Crippen LogP contribution in [-0.4, -0.2) is 70.7 Å². The average Bonchev–Trinajstić information content (AvgIpc) is 3.49. The van der Waals surface area contributed by atoms with Crippen molar-refractivity contribution >= 4 is 39.4 Å². The van der Waals surface area contributed by atoms with Crippen LogP contribution in [0.2, 0.25) is 0 Å². The Morgan fingerprint density at radius 1 is 1.22 bits per heavy atom. The van der Waals surface area contributed by atoms with E-state index < -0.39 is 60.0 Å². The molecule has 0 aliphatic carbocycles. The van der Waals surface area contributed by atoms with Gasteiger partial charge in [0.05, 0.1) is 44.3 Å². The van der Waals surface area contributed by atoms with E-state index in [1.807, 2.05) is 18.2 Å². The van der Waals surface area contributed by atoms with Crippen molar-refractivity contribution < 1.29 is 33.7 Å². The van der Waals surface area contributed by atoms with Crippen LogP contribution in [-0.2, 0) is 23.9 Å². The lowest BCUT2D eigenvalue weighted by molar-refractivity contribution is -0.155. The molecule has 2 N–H and O–H groups in total. The summed E-state index contributed by atoms with van der Waals surface area (Å²) in [4.78, 5) is 42.3. The largest absolute Gasteiger partial charge is 0.497 e. The van der Waals surface area contributed by atoms with E-state index in [0.717, 1.165) is 0 Å². The molecule has 3 fully saturated rings. The number of nitrogens with one attached hydrogen (secondary N) is 1. The van der Waals surface area contributed by atoms with Crippen LogP contribution in [0, 0.1) is 11.8 Å². The molecule has 0 radical (unpaired) electrons. The summed E-state index contributed by atoms with van der Waals surface area (Å²) in [6.45, 7) is 1.46. The van der Waals surface area contributed by atoms with E-state index in [2.05, 4.69) is 21.2 Å². The fraction of sp³-hybridized carbons (Fsp3) is 0.444. The van der Waals surface area contributed by atoms with Gasteiger partial charge >= 0.3 is 5.97 Å². The minimum absolute atomic E-state index is 0.164. The van der Waals surface area contributed by atoms with Gasteiger partial charge in [-0.2, -0.15) is 0 Å². The number of likely N-dealkylation sites (tertiary alicyclic amines) is 1. The van der Waals surface area contributed by atoms with Crippen LogP contribution in [0.1, 0.15) is 24.9 Å². The molecule has 2 amide bonds. The monoisotopic (exact) mass is 572 g/mol. The van der Waals surface area contributed by atoms with Crippen molar-refractivity contribution in [2.75, 3.05) is 25.6 Å². The summed E-state index contributed by atoms with van der Waals surface area (Å²) in [6.07, 6.45) is -0.246. The molecule has 1 unspecified atom stereocenters. The van der Waals surface area contributed by atoms with E-state index in [-0.39, 0.29) is 11.4 Å². The molecule has 3 aliphatic rings. The fourth-order valence-corrected chi connectivity index (χ4v) is 7.07. The summed E-state index contributed by atoms with van der Waals surface area (Å²) in [5, 5.41) is 13.4. The van der Waals surface area contributed by atoms with E-state index in [0.29, 0.717) is 23.4 Å². The van der Waals surface area contributed by atoms with Crippen molar-refractivity contribution in [1.82, 2.24) is 4.90 Å². The van der Waals surface area contributed by atoms with Crippen molar-refractivity contribution in [3.63, 3.8) is 0 Å². The molecule has 5 rings (SSSR count). The first-order chi connectivity index (χ1) is 17.9. The van der Waals surface area contributed by atoms with E-state index >= 15 is 0 Å². The van der Waals surface area contributed by atoms with Gasteiger partial charge in [0.25, 0.3) is 0 Å². The molecule has 0 saturated carbocycles. The molecule has 3 aliphatic heterocycles. The van der Waals surface area contributed by atoms with Crippen LogP contribution < -0.4 is 10.1 Å².